The van der Waals surface area contributed by atoms with Crippen LogP contribution in [0.4, 0.5) is 0 Å². The van der Waals surface area contributed by atoms with Crippen LogP contribution in [-0.4, -0.2) is 39.6 Å². The second-order valence-corrected chi connectivity index (χ2v) is 24.9. The molecule has 0 amide bonds. The molecule has 64 heavy (non-hydrogen) atoms. The molecule has 2 rings (SSSR count). The molecule has 0 atom stereocenters. The Balaban J connectivity index is 2.71. The predicted octanol–water partition coefficient (Wildman–Crippen LogP) is 17.1. The smallest absolute Gasteiger partial charge is 0.146 e. The molecule has 362 valence electrons. The molecule has 0 saturated carbocycles. The molecule has 0 saturated heterocycles. The number of unbranched alkanes of at least 4 members (excludes halogenated alkanes) is 20. The lowest BCUT2D eigenvalue weighted by Crippen LogP contribution is -2.43. The minimum Gasteiger partial charge on any atom is -0.493 e. The normalized spacial score (nSPS) is 11.5. The molecule has 0 radical (unpaired) electrons. The first kappa shape index (κ1) is 57.1. The van der Waals surface area contributed by atoms with E-state index in [2.05, 4.69) is 105 Å². The highest BCUT2D eigenvalue weighted by Crippen LogP contribution is 2.41. The first-order valence-electron chi connectivity index (χ1n) is 26.6. The number of hydrogen-bond acceptors (Lipinski definition) is 5. The number of aliphatic hydroxyl groups excluding tert-OH is 1. The van der Waals surface area contributed by atoms with Gasteiger partial charge in [-0.25, -0.2) is 0 Å². The summed E-state index contributed by atoms with van der Waals surface area (Å²) >= 11 is 0. The van der Waals surface area contributed by atoms with Gasteiger partial charge in [-0.2, -0.15) is 0 Å². The molecule has 0 bridgehead atoms. The lowest BCUT2D eigenvalue weighted by Gasteiger charge is -2.38. The second-order valence-electron chi connectivity index (χ2n) is 19.3. The summed E-state index contributed by atoms with van der Waals surface area (Å²) < 4.78 is 26.2. The van der Waals surface area contributed by atoms with Gasteiger partial charge in [-0.05, 0) is 54.4 Å². The summed E-state index contributed by atoms with van der Waals surface area (Å²) in [7, 11) is -2.02. The largest absolute Gasteiger partial charge is 0.493 e. The van der Waals surface area contributed by atoms with Crippen molar-refractivity contribution in [3.63, 3.8) is 0 Å². The summed E-state index contributed by atoms with van der Waals surface area (Å²) in [6.45, 7) is 25.6. The average molecular weight is 901 g/mol. The fourth-order valence-electron chi connectivity index (χ4n) is 9.07. The third-order valence-electron chi connectivity index (χ3n) is 13.0. The predicted molar refractivity (Wildman–Crippen MR) is 278 cm³/mol. The highest BCUT2D eigenvalue weighted by Gasteiger charge is 2.41. The first-order chi connectivity index (χ1) is 31.1. The lowest BCUT2D eigenvalue weighted by molar-refractivity contribution is 0.256. The Morgan fingerprint density at radius 2 is 0.672 bits per heavy atom. The average Bonchev–Trinajstić information content (AvgIpc) is 3.27. The van der Waals surface area contributed by atoms with Gasteiger partial charge in [-0.3, -0.25) is 0 Å². The number of aliphatic hydroxyl groups is 1. The van der Waals surface area contributed by atoms with Gasteiger partial charge in [0.05, 0.1) is 49.7 Å². The minimum atomic E-state index is -2.02. The molecule has 1 N–H and O–H groups in total. The highest BCUT2D eigenvalue weighted by atomic mass is 28.3. The Hall–Kier alpha value is -3.06. The fraction of sp³-hybridized carbons (Fsp3) is 0.724. The van der Waals surface area contributed by atoms with Crippen LogP contribution in [0.1, 0.15) is 246 Å². The van der Waals surface area contributed by atoms with E-state index in [1.807, 2.05) is 12.1 Å². The summed E-state index contributed by atoms with van der Waals surface area (Å²) in [4.78, 5) is 0. The quantitative estimate of drug-likeness (QED) is 0.0419. The van der Waals surface area contributed by atoms with E-state index in [-0.39, 0.29) is 6.61 Å². The van der Waals surface area contributed by atoms with Crippen molar-refractivity contribution < 1.29 is 24.1 Å². The Kier molecular flexibility index (Phi) is 31.4. The van der Waals surface area contributed by atoms with E-state index in [1.165, 1.54) is 103 Å². The molecule has 0 unspecified atom stereocenters. The standard InChI is InChI=1S/C58H96O5Si/c1-11-15-19-23-27-31-38-60-55-45-53(37-42-64(48(5)6,49(7)8)50(9)10)56(61-39-32-28-24-20-16-12-2)43-51(55)35-36-52-44-58(63-41-34-30-26-22-18-14-4)54(47-59)46-57(52)62-40-33-29-25-21-17-13-3/h43-46,48-50,59H,11-34,38-41,47H2,1-10H3. The molecule has 0 aliphatic carbocycles. The minimum absolute atomic E-state index is 0.125. The summed E-state index contributed by atoms with van der Waals surface area (Å²) in [5.41, 5.74) is 8.72. The third kappa shape index (κ3) is 21.5. The first-order valence-corrected chi connectivity index (χ1v) is 28.8. The van der Waals surface area contributed by atoms with Crippen molar-refractivity contribution in [1.82, 2.24) is 0 Å². The molecular weight excluding hydrogens is 805 g/mol. The zero-order chi connectivity index (χ0) is 46.8. The Morgan fingerprint density at radius 3 is 1.00 bits per heavy atom. The highest BCUT2D eigenvalue weighted by molar-refractivity contribution is 6.90. The van der Waals surface area contributed by atoms with Crippen LogP contribution in [0.15, 0.2) is 24.3 Å². The van der Waals surface area contributed by atoms with Gasteiger partial charge < -0.3 is 24.1 Å². The molecule has 0 aromatic heterocycles. The van der Waals surface area contributed by atoms with Gasteiger partial charge in [0.25, 0.3) is 0 Å². The maximum Gasteiger partial charge on any atom is 0.146 e. The van der Waals surface area contributed by atoms with Crippen molar-refractivity contribution in [1.29, 1.82) is 0 Å². The van der Waals surface area contributed by atoms with Crippen molar-refractivity contribution >= 4 is 8.07 Å². The van der Waals surface area contributed by atoms with Crippen LogP contribution in [0.3, 0.4) is 0 Å². The van der Waals surface area contributed by atoms with Gasteiger partial charge in [0.2, 0.25) is 0 Å². The maximum atomic E-state index is 10.5. The van der Waals surface area contributed by atoms with E-state index in [0.717, 1.165) is 85.1 Å². The van der Waals surface area contributed by atoms with Crippen LogP contribution in [0.25, 0.3) is 0 Å². The van der Waals surface area contributed by atoms with E-state index < -0.39 is 8.07 Å². The number of hydrogen-bond donors (Lipinski definition) is 1. The maximum absolute atomic E-state index is 10.5. The van der Waals surface area contributed by atoms with Gasteiger partial charge in [0, 0.05) is 17.7 Å². The molecule has 0 spiro atoms. The van der Waals surface area contributed by atoms with Gasteiger partial charge >= 0.3 is 0 Å². The lowest BCUT2D eigenvalue weighted by atomic mass is 10.1. The van der Waals surface area contributed by atoms with Crippen LogP contribution in [0.2, 0.25) is 16.6 Å². The molecule has 0 aliphatic heterocycles. The van der Waals surface area contributed by atoms with Crippen molar-refractivity contribution in [3.8, 4) is 46.3 Å². The van der Waals surface area contributed by atoms with E-state index in [1.54, 1.807) is 0 Å². The van der Waals surface area contributed by atoms with Crippen molar-refractivity contribution in [2.24, 2.45) is 0 Å². The number of rotatable bonds is 36. The zero-order valence-electron chi connectivity index (χ0n) is 43.1. The summed E-state index contributed by atoms with van der Waals surface area (Å²) in [5.74, 6) is 13.7. The Morgan fingerprint density at radius 1 is 0.391 bits per heavy atom. The topological polar surface area (TPSA) is 57.2 Å². The summed E-state index contributed by atoms with van der Waals surface area (Å²) in [5, 5.41) is 10.5. The van der Waals surface area contributed by atoms with Gasteiger partial charge in [-0.1, -0.05) is 215 Å². The monoisotopic (exact) mass is 901 g/mol. The van der Waals surface area contributed by atoms with E-state index in [4.69, 9.17) is 18.9 Å². The Labute approximate surface area is 396 Å². The fourth-order valence-corrected chi connectivity index (χ4v) is 14.3. The van der Waals surface area contributed by atoms with E-state index >= 15 is 0 Å². The van der Waals surface area contributed by atoms with Crippen LogP contribution >= 0.6 is 0 Å². The van der Waals surface area contributed by atoms with E-state index in [0.29, 0.717) is 54.6 Å². The second kappa shape index (κ2) is 35.2. The Bertz CT molecular complexity index is 1620. The molecule has 5 nitrogen and oxygen atoms in total. The van der Waals surface area contributed by atoms with E-state index in [9.17, 15) is 5.11 Å². The van der Waals surface area contributed by atoms with Crippen LogP contribution in [0.5, 0.6) is 23.0 Å². The molecule has 0 aliphatic rings. The number of ether oxygens (including phenoxy) is 4. The zero-order valence-corrected chi connectivity index (χ0v) is 44.1. The van der Waals surface area contributed by atoms with Crippen molar-refractivity contribution in [2.75, 3.05) is 26.4 Å². The molecule has 0 heterocycles. The molecule has 2 aromatic rings. The third-order valence-corrected chi connectivity index (χ3v) is 19.3. The summed E-state index contributed by atoms with van der Waals surface area (Å²) in [6.07, 6.45) is 28.6. The number of benzene rings is 2. The molecule has 2 aromatic carbocycles. The van der Waals surface area contributed by atoms with Crippen molar-refractivity contribution in [3.05, 3.63) is 46.5 Å². The van der Waals surface area contributed by atoms with Gasteiger partial charge in [0.1, 0.15) is 31.1 Å². The van der Waals surface area contributed by atoms with Crippen LogP contribution in [0, 0.1) is 23.3 Å². The van der Waals surface area contributed by atoms with Crippen molar-refractivity contribution in [2.45, 2.75) is 247 Å². The molecule has 0 fully saturated rings. The van der Waals surface area contributed by atoms with Gasteiger partial charge in [0.15, 0.2) is 0 Å². The van der Waals surface area contributed by atoms with Gasteiger partial charge in [-0.15, -0.1) is 5.54 Å². The summed E-state index contributed by atoms with van der Waals surface area (Å²) in [6, 6.07) is 8.12. The molecule has 6 heteroatoms. The molecular formula is C58H96O5Si. The SMILES string of the molecule is CCCCCCCCOc1cc(C#C[Si](C(C)C)(C(C)C)C(C)C)c(OCCCCCCCC)cc1C#Cc1cc(OCCCCCCCC)c(CO)cc1OCCCCCCCC. The van der Waals surface area contributed by atoms with Crippen LogP contribution < -0.4 is 18.9 Å². The van der Waals surface area contributed by atoms with Crippen LogP contribution in [-0.2, 0) is 6.61 Å².